The zero-order valence-corrected chi connectivity index (χ0v) is 10.7. The van der Waals surface area contributed by atoms with Crippen LogP contribution in [0.1, 0.15) is 47.0 Å². The molecule has 0 aromatic carbocycles. The maximum absolute atomic E-state index is 8.99. The van der Waals surface area contributed by atoms with Gasteiger partial charge < -0.3 is 10.4 Å². The molecule has 0 amide bonds. The fourth-order valence-electron chi connectivity index (χ4n) is 2.39. The zero-order valence-electron chi connectivity index (χ0n) is 10.7. The lowest BCUT2D eigenvalue weighted by Gasteiger charge is -2.41. The van der Waals surface area contributed by atoms with Crippen LogP contribution in [-0.4, -0.2) is 23.8 Å². The molecule has 1 fully saturated rings. The summed E-state index contributed by atoms with van der Waals surface area (Å²) in [6, 6.07) is 1.20. The van der Waals surface area contributed by atoms with Crippen LogP contribution in [0.2, 0.25) is 0 Å². The Morgan fingerprint density at radius 1 is 1.20 bits per heavy atom. The molecule has 0 saturated heterocycles. The van der Waals surface area contributed by atoms with E-state index in [-0.39, 0.29) is 0 Å². The van der Waals surface area contributed by atoms with E-state index in [1.165, 1.54) is 12.8 Å². The molecule has 2 nitrogen and oxygen atoms in total. The van der Waals surface area contributed by atoms with Crippen LogP contribution in [0.3, 0.4) is 0 Å². The van der Waals surface area contributed by atoms with Gasteiger partial charge in [0.1, 0.15) is 0 Å². The first-order chi connectivity index (χ1) is 7.04. The van der Waals surface area contributed by atoms with Crippen LogP contribution in [0.25, 0.3) is 0 Å². The molecule has 2 heteroatoms. The second-order valence-electron chi connectivity index (χ2n) is 5.70. The molecule has 15 heavy (non-hydrogen) atoms. The van der Waals surface area contributed by atoms with E-state index in [1.54, 1.807) is 0 Å². The van der Waals surface area contributed by atoms with E-state index in [1.807, 2.05) is 0 Å². The molecule has 1 atom stereocenters. The summed E-state index contributed by atoms with van der Waals surface area (Å²) in [5.41, 5.74) is 0. The summed E-state index contributed by atoms with van der Waals surface area (Å²) >= 11 is 0. The van der Waals surface area contributed by atoms with Crippen molar-refractivity contribution in [2.24, 2.45) is 17.8 Å². The van der Waals surface area contributed by atoms with Gasteiger partial charge in [0.05, 0.1) is 0 Å². The Labute approximate surface area is 94.5 Å². The molecule has 0 bridgehead atoms. The number of rotatable bonds is 6. The third-order valence-electron chi connectivity index (χ3n) is 3.81. The van der Waals surface area contributed by atoms with Crippen molar-refractivity contribution >= 4 is 0 Å². The lowest BCUT2D eigenvalue weighted by molar-refractivity contribution is 0.138. The summed E-state index contributed by atoms with van der Waals surface area (Å²) in [5, 5.41) is 12.7. The molecule has 0 spiro atoms. The second kappa shape index (κ2) is 5.86. The van der Waals surface area contributed by atoms with Crippen molar-refractivity contribution in [1.29, 1.82) is 0 Å². The molecule has 0 heterocycles. The van der Waals surface area contributed by atoms with E-state index >= 15 is 0 Å². The predicted molar refractivity (Wildman–Crippen MR) is 64.8 cm³/mol. The van der Waals surface area contributed by atoms with Crippen LogP contribution in [0.4, 0.5) is 0 Å². The zero-order chi connectivity index (χ0) is 11.4. The summed E-state index contributed by atoms with van der Waals surface area (Å²) in [4.78, 5) is 0. The molecule has 1 rings (SSSR count). The fourth-order valence-corrected chi connectivity index (χ4v) is 2.39. The van der Waals surface area contributed by atoms with Crippen molar-refractivity contribution in [3.63, 3.8) is 0 Å². The second-order valence-corrected chi connectivity index (χ2v) is 5.70. The van der Waals surface area contributed by atoms with Crippen molar-refractivity contribution in [2.45, 2.75) is 59.0 Å². The van der Waals surface area contributed by atoms with Gasteiger partial charge in [-0.3, -0.25) is 0 Å². The van der Waals surface area contributed by atoms with Crippen molar-refractivity contribution in [3.8, 4) is 0 Å². The molecule has 0 aromatic rings. The minimum Gasteiger partial charge on any atom is -0.396 e. The minimum atomic E-state index is 0.302. The van der Waals surface area contributed by atoms with Gasteiger partial charge in [-0.1, -0.05) is 27.7 Å². The predicted octanol–water partition coefficient (Wildman–Crippen LogP) is 2.42. The first-order valence-corrected chi connectivity index (χ1v) is 6.41. The van der Waals surface area contributed by atoms with Gasteiger partial charge in [-0.2, -0.15) is 0 Å². The molecule has 2 N–H and O–H groups in total. The summed E-state index contributed by atoms with van der Waals surface area (Å²) in [7, 11) is 0. The van der Waals surface area contributed by atoms with E-state index in [0.717, 1.165) is 18.3 Å². The standard InChI is InChI=1S/C13H27NO/c1-9(2)11-7-12(8-11)14-13(5-6-15)10(3)4/h9-15H,5-8H2,1-4H3. The van der Waals surface area contributed by atoms with Gasteiger partial charge in [0, 0.05) is 18.7 Å². The Hall–Kier alpha value is -0.0800. The van der Waals surface area contributed by atoms with Crippen LogP contribution in [0.5, 0.6) is 0 Å². The van der Waals surface area contributed by atoms with Gasteiger partial charge in [-0.05, 0) is 37.0 Å². The van der Waals surface area contributed by atoms with Gasteiger partial charge in [0.15, 0.2) is 0 Å². The normalized spacial score (nSPS) is 28.2. The number of nitrogens with one attached hydrogen (secondary N) is 1. The number of aliphatic hydroxyl groups excluding tert-OH is 1. The van der Waals surface area contributed by atoms with E-state index in [2.05, 4.69) is 33.0 Å². The SMILES string of the molecule is CC(C)C1CC(NC(CCO)C(C)C)C1. The topological polar surface area (TPSA) is 32.3 Å². The lowest BCUT2D eigenvalue weighted by Crippen LogP contribution is -2.49. The molecular formula is C13H27NO. The summed E-state index contributed by atoms with van der Waals surface area (Å²) < 4.78 is 0. The van der Waals surface area contributed by atoms with Crippen LogP contribution >= 0.6 is 0 Å². The Bertz CT molecular complexity index is 173. The number of aliphatic hydroxyl groups is 1. The quantitative estimate of drug-likeness (QED) is 0.710. The average Bonchev–Trinajstić information content (AvgIpc) is 2.07. The Balaban J connectivity index is 2.23. The minimum absolute atomic E-state index is 0.302. The van der Waals surface area contributed by atoms with Crippen LogP contribution in [-0.2, 0) is 0 Å². The largest absolute Gasteiger partial charge is 0.396 e. The van der Waals surface area contributed by atoms with E-state index < -0.39 is 0 Å². The summed E-state index contributed by atoms with van der Waals surface area (Å²) in [6.45, 7) is 9.39. The molecule has 1 aliphatic carbocycles. The van der Waals surface area contributed by atoms with Crippen LogP contribution < -0.4 is 5.32 Å². The third kappa shape index (κ3) is 3.76. The highest BCUT2D eigenvalue weighted by atomic mass is 16.3. The maximum atomic E-state index is 8.99. The van der Waals surface area contributed by atoms with Crippen LogP contribution in [0, 0.1) is 17.8 Å². The third-order valence-corrected chi connectivity index (χ3v) is 3.81. The molecule has 90 valence electrons. The molecular weight excluding hydrogens is 186 g/mol. The Morgan fingerprint density at radius 2 is 1.80 bits per heavy atom. The van der Waals surface area contributed by atoms with Gasteiger partial charge in [0.2, 0.25) is 0 Å². The van der Waals surface area contributed by atoms with E-state index in [0.29, 0.717) is 24.6 Å². The first kappa shape index (κ1) is 13.0. The average molecular weight is 213 g/mol. The van der Waals surface area contributed by atoms with Crippen molar-refractivity contribution in [2.75, 3.05) is 6.61 Å². The molecule has 1 saturated carbocycles. The molecule has 1 aliphatic rings. The van der Waals surface area contributed by atoms with Gasteiger partial charge >= 0.3 is 0 Å². The number of hydrogen-bond acceptors (Lipinski definition) is 2. The highest BCUT2D eigenvalue weighted by Gasteiger charge is 2.32. The highest BCUT2D eigenvalue weighted by Crippen LogP contribution is 2.34. The van der Waals surface area contributed by atoms with Gasteiger partial charge in [-0.25, -0.2) is 0 Å². The van der Waals surface area contributed by atoms with E-state index in [9.17, 15) is 0 Å². The first-order valence-electron chi connectivity index (χ1n) is 6.41. The number of hydrogen-bond donors (Lipinski definition) is 2. The van der Waals surface area contributed by atoms with Gasteiger partial charge in [-0.15, -0.1) is 0 Å². The molecule has 0 aromatic heterocycles. The monoisotopic (exact) mass is 213 g/mol. The van der Waals surface area contributed by atoms with Crippen molar-refractivity contribution in [3.05, 3.63) is 0 Å². The lowest BCUT2D eigenvalue weighted by atomic mass is 9.73. The Morgan fingerprint density at radius 3 is 2.20 bits per heavy atom. The fraction of sp³-hybridized carbons (Fsp3) is 1.00. The molecule has 1 unspecified atom stereocenters. The summed E-state index contributed by atoms with van der Waals surface area (Å²) in [6.07, 6.45) is 3.54. The van der Waals surface area contributed by atoms with Crippen molar-refractivity contribution in [1.82, 2.24) is 5.32 Å². The van der Waals surface area contributed by atoms with Crippen LogP contribution in [0.15, 0.2) is 0 Å². The molecule has 0 aliphatic heterocycles. The van der Waals surface area contributed by atoms with Gasteiger partial charge in [0.25, 0.3) is 0 Å². The van der Waals surface area contributed by atoms with Crippen molar-refractivity contribution < 1.29 is 5.11 Å². The molecule has 0 radical (unpaired) electrons. The Kier molecular flexibility index (Phi) is 5.07. The maximum Gasteiger partial charge on any atom is 0.0445 e. The smallest absolute Gasteiger partial charge is 0.0445 e. The highest BCUT2D eigenvalue weighted by molar-refractivity contribution is 4.89. The summed E-state index contributed by atoms with van der Waals surface area (Å²) in [5.74, 6) is 2.37. The van der Waals surface area contributed by atoms with E-state index in [4.69, 9.17) is 5.11 Å².